The average Bonchev–Trinajstić information content (AvgIpc) is 2.32. The van der Waals surface area contributed by atoms with Crippen LogP contribution in [0, 0.1) is 0 Å². The van der Waals surface area contributed by atoms with Crippen molar-refractivity contribution in [3.8, 4) is 0 Å². The maximum absolute atomic E-state index is 11.7. The van der Waals surface area contributed by atoms with E-state index in [1.807, 2.05) is 0 Å². The van der Waals surface area contributed by atoms with Gasteiger partial charge in [0, 0.05) is 0 Å². The summed E-state index contributed by atoms with van der Waals surface area (Å²) >= 11 is -0.649. The van der Waals surface area contributed by atoms with Crippen LogP contribution in [0.3, 0.4) is 0 Å². The summed E-state index contributed by atoms with van der Waals surface area (Å²) in [6.07, 6.45) is 2.55. The second-order valence-corrected chi connectivity index (χ2v) is 7.45. The second-order valence-electron chi connectivity index (χ2n) is 5.13. The number of halogens is 1. The fourth-order valence-electron chi connectivity index (χ4n) is 1.99. The Morgan fingerprint density at radius 3 is 2.74 bits per heavy atom. The predicted octanol–water partition coefficient (Wildman–Crippen LogP) is 2.24. The molecule has 0 spiro atoms. The molecule has 2 unspecified atom stereocenters. The molecule has 1 aliphatic heterocycles. The van der Waals surface area contributed by atoms with Crippen molar-refractivity contribution in [2.75, 3.05) is 11.0 Å². The van der Waals surface area contributed by atoms with Gasteiger partial charge in [0.1, 0.15) is 0 Å². The van der Waals surface area contributed by atoms with Gasteiger partial charge in [-0.05, 0) is 0 Å². The molecule has 6 heteroatoms. The van der Waals surface area contributed by atoms with Gasteiger partial charge in [0.05, 0.1) is 0 Å². The number of hydrogen-bond acceptors (Lipinski definition) is 5. The third-order valence-electron chi connectivity index (χ3n) is 2.76. The molecule has 114 valence electrons. The Morgan fingerprint density at radius 1 is 1.42 bits per heavy atom. The van der Waals surface area contributed by atoms with Crippen LogP contribution in [-0.2, 0) is 17.3 Å². The fraction of sp³-hybridized carbons (Fsp3) is 0.923. The van der Waals surface area contributed by atoms with Crippen LogP contribution in [0.1, 0.15) is 46.5 Å². The van der Waals surface area contributed by atoms with Crippen molar-refractivity contribution in [1.29, 1.82) is 0 Å². The molecule has 1 saturated heterocycles. The van der Waals surface area contributed by atoms with Gasteiger partial charge in [0.2, 0.25) is 0 Å². The number of ether oxygens (including phenoxy) is 2. The Labute approximate surface area is 125 Å². The molecule has 0 aromatic carbocycles. The van der Waals surface area contributed by atoms with Crippen molar-refractivity contribution in [2.24, 2.45) is 0 Å². The number of aliphatic hydroxyl groups excluding tert-OH is 1. The normalized spacial score (nSPS) is 26.3. The molecule has 2 atom stereocenters. The monoisotopic (exact) mass is 388 g/mol. The zero-order valence-corrected chi connectivity index (χ0v) is 14.2. The van der Waals surface area contributed by atoms with Crippen LogP contribution in [0.25, 0.3) is 0 Å². The van der Waals surface area contributed by atoms with Crippen LogP contribution in [-0.4, -0.2) is 40.1 Å². The molecule has 1 rings (SSSR count). The first-order valence-corrected chi connectivity index (χ1v) is 9.35. The van der Waals surface area contributed by atoms with Crippen LogP contribution < -0.4 is 0 Å². The van der Waals surface area contributed by atoms with Gasteiger partial charge in [-0.25, -0.2) is 0 Å². The van der Waals surface area contributed by atoms with Gasteiger partial charge in [-0.1, -0.05) is 0 Å². The van der Waals surface area contributed by atoms with Crippen LogP contribution in [0.2, 0.25) is 0 Å². The van der Waals surface area contributed by atoms with Crippen LogP contribution in [0.4, 0.5) is 0 Å². The summed E-state index contributed by atoms with van der Waals surface area (Å²) in [7, 11) is 0. The number of unbranched alkanes of at least 4 members (excludes halogenated alkanes) is 1. The van der Waals surface area contributed by atoms with Crippen LogP contribution >= 0.6 is 21.6 Å². The summed E-state index contributed by atoms with van der Waals surface area (Å²) in [5.74, 6) is -0.937. The van der Waals surface area contributed by atoms with E-state index in [1.54, 1.807) is 13.8 Å². The van der Waals surface area contributed by atoms with Gasteiger partial charge >= 0.3 is 126 Å². The standard InChI is InChI=1S/C13H25IO5/c1-4-5-6-14-19-12(16)8-10-7-11(9-15)18-13(2,3)17-10/h10-11,14-15H,4-9H2,1-3H3. The van der Waals surface area contributed by atoms with E-state index in [-0.39, 0.29) is 31.2 Å². The minimum atomic E-state index is -0.754. The Kier molecular flexibility index (Phi) is 7.56. The van der Waals surface area contributed by atoms with E-state index < -0.39 is 27.4 Å². The third-order valence-corrected chi connectivity index (χ3v) is 4.92. The molecule has 0 saturated carbocycles. The molecule has 19 heavy (non-hydrogen) atoms. The second kappa shape index (κ2) is 8.39. The predicted molar refractivity (Wildman–Crippen MR) is 81.4 cm³/mol. The molecular weight excluding hydrogens is 363 g/mol. The van der Waals surface area contributed by atoms with E-state index in [2.05, 4.69) is 6.92 Å². The molecule has 1 N–H and O–H groups in total. The fourth-order valence-corrected chi connectivity index (χ4v) is 3.95. The van der Waals surface area contributed by atoms with Gasteiger partial charge in [0.25, 0.3) is 0 Å². The molecule has 1 heterocycles. The molecule has 1 fully saturated rings. The van der Waals surface area contributed by atoms with Crippen LogP contribution in [0.15, 0.2) is 0 Å². The molecule has 5 nitrogen and oxygen atoms in total. The van der Waals surface area contributed by atoms with Gasteiger partial charge in [-0.3, -0.25) is 0 Å². The van der Waals surface area contributed by atoms with Gasteiger partial charge in [-0.2, -0.15) is 0 Å². The number of aliphatic hydroxyl groups is 1. The third kappa shape index (κ3) is 6.87. The Bertz CT molecular complexity index is 282. The number of carbonyl (C=O) groups is 1. The zero-order chi connectivity index (χ0) is 14.3. The van der Waals surface area contributed by atoms with Crippen molar-refractivity contribution >= 4 is 27.6 Å². The van der Waals surface area contributed by atoms with Crippen molar-refractivity contribution in [3.63, 3.8) is 0 Å². The zero-order valence-electron chi connectivity index (χ0n) is 11.9. The number of hydrogen-bond donors (Lipinski definition) is 1. The average molecular weight is 388 g/mol. The molecular formula is C13H25IO5. The van der Waals surface area contributed by atoms with E-state index >= 15 is 0 Å². The Morgan fingerprint density at radius 2 is 2.11 bits per heavy atom. The minimum absolute atomic E-state index is 0.0526. The van der Waals surface area contributed by atoms with Crippen LogP contribution in [0.5, 0.6) is 0 Å². The topological polar surface area (TPSA) is 65.0 Å². The number of alkyl halides is 1. The van der Waals surface area contributed by atoms with Gasteiger partial charge in [0.15, 0.2) is 0 Å². The van der Waals surface area contributed by atoms with E-state index in [4.69, 9.17) is 12.5 Å². The Balaban J connectivity index is 2.32. The van der Waals surface area contributed by atoms with E-state index in [1.165, 1.54) is 0 Å². The first-order valence-electron chi connectivity index (χ1n) is 6.75. The van der Waals surface area contributed by atoms with Crippen molar-refractivity contribution in [1.82, 2.24) is 0 Å². The maximum atomic E-state index is 11.7. The molecule has 1 aliphatic rings. The van der Waals surface area contributed by atoms with Gasteiger partial charge < -0.3 is 0 Å². The molecule has 0 bridgehead atoms. The van der Waals surface area contributed by atoms with Crippen molar-refractivity contribution in [2.45, 2.75) is 64.4 Å². The van der Waals surface area contributed by atoms with Gasteiger partial charge in [-0.15, -0.1) is 0 Å². The molecule has 0 amide bonds. The molecule has 0 aromatic heterocycles. The van der Waals surface area contributed by atoms with E-state index in [0.29, 0.717) is 6.42 Å². The first-order chi connectivity index (χ1) is 8.96. The van der Waals surface area contributed by atoms with Crippen molar-refractivity contribution in [3.05, 3.63) is 0 Å². The van der Waals surface area contributed by atoms with E-state index in [9.17, 15) is 9.90 Å². The Hall–Kier alpha value is 0.0800. The molecule has 0 aliphatic carbocycles. The number of carbonyl (C=O) groups excluding carboxylic acids is 1. The molecule has 0 aromatic rings. The molecule has 0 radical (unpaired) electrons. The quantitative estimate of drug-likeness (QED) is 0.412. The first kappa shape index (κ1) is 17.1. The summed E-state index contributed by atoms with van der Waals surface area (Å²) < 4.78 is 17.5. The van der Waals surface area contributed by atoms with Crippen molar-refractivity contribution < 1.29 is 22.4 Å². The summed E-state index contributed by atoms with van der Waals surface area (Å²) in [4.78, 5) is 11.7. The van der Waals surface area contributed by atoms with E-state index in [0.717, 1.165) is 17.3 Å². The summed E-state index contributed by atoms with van der Waals surface area (Å²) in [6.45, 7) is 5.66. The number of rotatable bonds is 7. The summed E-state index contributed by atoms with van der Waals surface area (Å²) in [6, 6.07) is 0. The SMILES string of the molecule is CCCC[IH]OC(=O)CC1CC(CO)OC(C)(C)O1. The summed E-state index contributed by atoms with van der Waals surface area (Å²) in [5, 5.41) is 9.19. The summed E-state index contributed by atoms with van der Waals surface area (Å²) in [5.41, 5.74) is 0.